The number of rotatable bonds is 5. The Morgan fingerprint density at radius 3 is 2.77 bits per heavy atom. The lowest BCUT2D eigenvalue weighted by Crippen LogP contribution is -2.42. The monoisotopic (exact) mass is 304 g/mol. The third-order valence-corrected chi connectivity index (χ3v) is 4.21. The van der Waals surface area contributed by atoms with Crippen molar-refractivity contribution in [2.45, 2.75) is 25.7 Å². The Kier molecular flexibility index (Phi) is 4.22. The average molecular weight is 304 g/mol. The van der Waals surface area contributed by atoms with Gasteiger partial charge in [-0.25, -0.2) is 14.8 Å². The minimum absolute atomic E-state index is 0.00911. The van der Waals surface area contributed by atoms with Crippen LogP contribution in [0.4, 0.5) is 5.82 Å². The summed E-state index contributed by atoms with van der Waals surface area (Å²) in [5, 5.41) is 12.2. The molecule has 1 aliphatic carbocycles. The van der Waals surface area contributed by atoms with Crippen LogP contribution in [0.15, 0.2) is 12.4 Å². The molecular formula is C15H20N4O3. The van der Waals surface area contributed by atoms with Gasteiger partial charge in [0.05, 0.1) is 0 Å². The highest BCUT2D eigenvalue weighted by molar-refractivity contribution is 5.90. The summed E-state index contributed by atoms with van der Waals surface area (Å²) >= 11 is 0. The lowest BCUT2D eigenvalue weighted by atomic mass is 9.97. The first kappa shape index (κ1) is 14.7. The van der Waals surface area contributed by atoms with Crippen LogP contribution < -0.4 is 10.2 Å². The maximum atomic E-state index is 11.7. The highest BCUT2D eigenvalue weighted by Crippen LogP contribution is 2.29. The number of carbonyl (C=O) groups excluding carboxylic acids is 1. The Labute approximate surface area is 128 Å². The summed E-state index contributed by atoms with van der Waals surface area (Å²) in [5.41, 5.74) is -0.00911. The van der Waals surface area contributed by atoms with Crippen LogP contribution in [0.5, 0.6) is 0 Å². The van der Waals surface area contributed by atoms with Crippen molar-refractivity contribution in [1.29, 1.82) is 0 Å². The number of aromatic nitrogens is 2. The molecule has 7 heteroatoms. The summed E-state index contributed by atoms with van der Waals surface area (Å²) in [6.07, 6.45) is 6.91. The summed E-state index contributed by atoms with van der Waals surface area (Å²) in [4.78, 5) is 33.0. The Balaban J connectivity index is 1.62. The maximum Gasteiger partial charge on any atom is 0.358 e. The number of aromatic carboxylic acids is 1. The Morgan fingerprint density at radius 1 is 1.27 bits per heavy atom. The van der Waals surface area contributed by atoms with E-state index in [0.29, 0.717) is 24.8 Å². The number of nitrogens with one attached hydrogen (secondary N) is 1. The number of piperidine rings is 1. The Bertz CT molecular complexity index is 574. The molecule has 1 aromatic heterocycles. The first-order valence-electron chi connectivity index (χ1n) is 7.72. The number of carboxylic acid groups (broad SMARTS) is 1. The number of carboxylic acids is 1. The van der Waals surface area contributed by atoms with Crippen LogP contribution in [0.1, 0.15) is 36.2 Å². The van der Waals surface area contributed by atoms with Gasteiger partial charge in [0.2, 0.25) is 5.91 Å². The van der Waals surface area contributed by atoms with Crippen LogP contribution >= 0.6 is 0 Å². The van der Waals surface area contributed by atoms with E-state index < -0.39 is 5.97 Å². The van der Waals surface area contributed by atoms with E-state index >= 15 is 0 Å². The summed E-state index contributed by atoms with van der Waals surface area (Å²) in [6, 6.07) is 0. The van der Waals surface area contributed by atoms with Crippen LogP contribution in [0.3, 0.4) is 0 Å². The van der Waals surface area contributed by atoms with Crippen molar-refractivity contribution in [3.05, 3.63) is 18.1 Å². The van der Waals surface area contributed by atoms with E-state index in [1.54, 1.807) is 0 Å². The molecule has 2 N–H and O–H groups in total. The second-order valence-corrected chi connectivity index (χ2v) is 6.01. The van der Waals surface area contributed by atoms with Crippen molar-refractivity contribution in [2.24, 2.45) is 11.8 Å². The molecule has 0 spiro atoms. The zero-order chi connectivity index (χ0) is 15.5. The van der Waals surface area contributed by atoms with E-state index in [2.05, 4.69) is 15.3 Å². The van der Waals surface area contributed by atoms with Crippen molar-refractivity contribution >= 4 is 17.7 Å². The zero-order valence-electron chi connectivity index (χ0n) is 12.4. The number of amides is 1. The first-order valence-corrected chi connectivity index (χ1v) is 7.72. The van der Waals surface area contributed by atoms with E-state index in [9.17, 15) is 14.7 Å². The van der Waals surface area contributed by atoms with Crippen molar-refractivity contribution in [1.82, 2.24) is 15.3 Å². The quantitative estimate of drug-likeness (QED) is 0.840. The van der Waals surface area contributed by atoms with E-state index in [0.717, 1.165) is 32.2 Å². The van der Waals surface area contributed by atoms with Gasteiger partial charge in [0.1, 0.15) is 0 Å². The molecular weight excluding hydrogens is 284 g/mol. The van der Waals surface area contributed by atoms with Crippen LogP contribution in [0.2, 0.25) is 0 Å². The predicted molar refractivity (Wildman–Crippen MR) is 79.7 cm³/mol. The van der Waals surface area contributed by atoms with Crippen molar-refractivity contribution in [3.63, 3.8) is 0 Å². The third-order valence-electron chi connectivity index (χ3n) is 4.21. The second kappa shape index (κ2) is 6.29. The van der Waals surface area contributed by atoms with E-state index in [4.69, 9.17) is 0 Å². The van der Waals surface area contributed by atoms with Gasteiger partial charge in [-0.3, -0.25) is 4.79 Å². The van der Waals surface area contributed by atoms with Gasteiger partial charge in [-0.15, -0.1) is 0 Å². The number of carbonyl (C=O) groups is 2. The lowest BCUT2D eigenvalue weighted by molar-refractivity contribution is -0.122. The average Bonchev–Trinajstić information content (AvgIpc) is 3.38. The highest BCUT2D eigenvalue weighted by Gasteiger charge is 2.30. The van der Waals surface area contributed by atoms with Gasteiger partial charge < -0.3 is 15.3 Å². The van der Waals surface area contributed by atoms with Crippen molar-refractivity contribution < 1.29 is 14.7 Å². The molecule has 1 aromatic rings. The number of hydrogen-bond acceptors (Lipinski definition) is 5. The van der Waals surface area contributed by atoms with Gasteiger partial charge in [-0.05, 0) is 31.6 Å². The molecule has 1 saturated carbocycles. The van der Waals surface area contributed by atoms with E-state index in [1.807, 2.05) is 4.90 Å². The molecule has 7 nitrogen and oxygen atoms in total. The first-order chi connectivity index (χ1) is 10.6. The molecule has 1 amide bonds. The maximum absolute atomic E-state index is 11.7. The van der Waals surface area contributed by atoms with Gasteiger partial charge in [0.25, 0.3) is 0 Å². The van der Waals surface area contributed by atoms with Crippen molar-refractivity contribution in [3.8, 4) is 0 Å². The third kappa shape index (κ3) is 3.35. The molecule has 2 heterocycles. The minimum Gasteiger partial charge on any atom is -0.476 e. The SMILES string of the molecule is O=C(O)c1nccnc1N1CCCC(CNC(=O)C2CC2)C1. The second-order valence-electron chi connectivity index (χ2n) is 6.01. The van der Waals surface area contributed by atoms with Crippen molar-refractivity contribution in [2.75, 3.05) is 24.5 Å². The molecule has 1 saturated heterocycles. The van der Waals surface area contributed by atoms with Gasteiger partial charge in [0, 0.05) is 37.9 Å². The standard InChI is InChI=1S/C15H20N4O3/c20-14(11-3-4-11)18-8-10-2-1-7-19(9-10)13-12(15(21)22)16-5-6-17-13/h5-6,10-11H,1-4,7-9H2,(H,18,20)(H,21,22). The van der Waals surface area contributed by atoms with Gasteiger partial charge in [-0.1, -0.05) is 0 Å². The summed E-state index contributed by atoms with van der Waals surface area (Å²) in [7, 11) is 0. The molecule has 1 aliphatic heterocycles. The van der Waals surface area contributed by atoms with Gasteiger partial charge in [0.15, 0.2) is 11.5 Å². The number of anilines is 1. The fourth-order valence-electron chi connectivity index (χ4n) is 2.87. The predicted octanol–water partition coefficient (Wildman–Crippen LogP) is 0.917. The fraction of sp³-hybridized carbons (Fsp3) is 0.600. The van der Waals surface area contributed by atoms with Crippen LogP contribution in [-0.2, 0) is 4.79 Å². The molecule has 0 aromatic carbocycles. The van der Waals surface area contributed by atoms with Crippen LogP contribution in [0.25, 0.3) is 0 Å². The molecule has 118 valence electrons. The fourth-order valence-corrected chi connectivity index (χ4v) is 2.87. The molecule has 22 heavy (non-hydrogen) atoms. The zero-order valence-corrected chi connectivity index (χ0v) is 12.4. The summed E-state index contributed by atoms with van der Waals surface area (Å²) in [6.45, 7) is 2.12. The largest absolute Gasteiger partial charge is 0.476 e. The number of nitrogens with zero attached hydrogens (tertiary/aromatic N) is 3. The van der Waals surface area contributed by atoms with Gasteiger partial charge >= 0.3 is 5.97 Å². The van der Waals surface area contributed by atoms with E-state index in [1.165, 1.54) is 12.4 Å². The van der Waals surface area contributed by atoms with E-state index in [-0.39, 0.29) is 17.5 Å². The Hall–Kier alpha value is -2.18. The number of hydrogen-bond donors (Lipinski definition) is 2. The lowest BCUT2D eigenvalue weighted by Gasteiger charge is -2.34. The van der Waals surface area contributed by atoms with Gasteiger partial charge in [-0.2, -0.15) is 0 Å². The smallest absolute Gasteiger partial charge is 0.358 e. The molecule has 1 atom stereocenters. The molecule has 2 aliphatic rings. The van der Waals surface area contributed by atoms with Crippen LogP contribution in [-0.4, -0.2) is 46.6 Å². The molecule has 3 rings (SSSR count). The normalized spacial score (nSPS) is 21.5. The van der Waals surface area contributed by atoms with Crippen LogP contribution in [0, 0.1) is 11.8 Å². The molecule has 2 fully saturated rings. The molecule has 0 bridgehead atoms. The summed E-state index contributed by atoms with van der Waals surface area (Å²) < 4.78 is 0. The minimum atomic E-state index is -1.06. The molecule has 0 radical (unpaired) electrons. The summed E-state index contributed by atoms with van der Waals surface area (Å²) in [5.74, 6) is 0.0572. The topological polar surface area (TPSA) is 95.4 Å². The Morgan fingerprint density at radius 2 is 2.05 bits per heavy atom. The highest BCUT2D eigenvalue weighted by atomic mass is 16.4. The molecule has 1 unspecified atom stereocenters.